The van der Waals surface area contributed by atoms with E-state index in [0.29, 0.717) is 0 Å². The van der Waals surface area contributed by atoms with Crippen LogP contribution in [0.25, 0.3) is 0 Å². The Kier molecular flexibility index (Phi) is 5.41. The molecule has 3 nitrogen and oxygen atoms in total. The maximum Gasteiger partial charge on any atom is 0.265 e. The third-order valence-corrected chi connectivity index (χ3v) is 4.56. The van der Waals surface area contributed by atoms with Crippen LogP contribution >= 0.6 is 11.3 Å². The van der Waals surface area contributed by atoms with Gasteiger partial charge in [-0.25, -0.2) is 13.8 Å². The minimum atomic E-state index is -2.72. The van der Waals surface area contributed by atoms with E-state index < -0.39 is 12.5 Å². The molecule has 0 spiro atoms. The Balaban J connectivity index is 2.72. The highest BCUT2D eigenvalue weighted by molar-refractivity contribution is 7.12. The molecule has 0 bridgehead atoms. The molecular formula is C13H22F2N2OS. The Hall–Kier alpha value is -0.590. The molecule has 0 radical (unpaired) electrons. The Labute approximate surface area is 117 Å². The van der Waals surface area contributed by atoms with Gasteiger partial charge < -0.3 is 10.4 Å². The highest BCUT2D eigenvalue weighted by atomic mass is 32.1. The van der Waals surface area contributed by atoms with E-state index in [1.807, 2.05) is 13.8 Å². The standard InChI is InChI=1S/C13H22F2N2OS/c1-7(16-6-9(18)11(14)15)10-8(2)17-12(19-10)13(3,4)5/h7,9,11,16,18H,6H2,1-5H3. The van der Waals surface area contributed by atoms with E-state index in [1.165, 1.54) is 0 Å². The summed E-state index contributed by atoms with van der Waals surface area (Å²) in [6.07, 6.45) is -4.34. The molecule has 2 N–H and O–H groups in total. The number of aryl methyl sites for hydroxylation is 1. The van der Waals surface area contributed by atoms with Crippen molar-refractivity contribution in [3.8, 4) is 0 Å². The Bertz CT molecular complexity index is 415. The first-order chi connectivity index (χ1) is 8.62. The summed E-state index contributed by atoms with van der Waals surface area (Å²) in [5, 5.41) is 13.1. The zero-order valence-corrected chi connectivity index (χ0v) is 12.8. The quantitative estimate of drug-likeness (QED) is 0.877. The molecule has 0 aromatic carbocycles. The van der Waals surface area contributed by atoms with Crippen molar-refractivity contribution in [2.24, 2.45) is 0 Å². The predicted octanol–water partition coefficient (Wildman–Crippen LogP) is 3.03. The van der Waals surface area contributed by atoms with Crippen LogP contribution in [0.15, 0.2) is 0 Å². The van der Waals surface area contributed by atoms with Gasteiger partial charge in [-0.3, -0.25) is 0 Å². The van der Waals surface area contributed by atoms with Crippen molar-refractivity contribution in [3.63, 3.8) is 0 Å². The Morgan fingerprint density at radius 3 is 2.37 bits per heavy atom. The fraction of sp³-hybridized carbons (Fsp3) is 0.769. The summed E-state index contributed by atoms with van der Waals surface area (Å²) in [4.78, 5) is 5.57. The van der Waals surface area contributed by atoms with Crippen LogP contribution < -0.4 is 5.32 Å². The van der Waals surface area contributed by atoms with Crippen molar-refractivity contribution in [2.45, 2.75) is 58.6 Å². The molecule has 1 rings (SSSR count). The van der Waals surface area contributed by atoms with E-state index in [1.54, 1.807) is 11.3 Å². The molecule has 0 aliphatic heterocycles. The van der Waals surface area contributed by atoms with Crippen molar-refractivity contribution >= 4 is 11.3 Å². The van der Waals surface area contributed by atoms with Gasteiger partial charge in [0.25, 0.3) is 6.43 Å². The van der Waals surface area contributed by atoms with Gasteiger partial charge in [0.15, 0.2) is 0 Å². The van der Waals surface area contributed by atoms with Gasteiger partial charge in [-0.05, 0) is 13.8 Å². The van der Waals surface area contributed by atoms with Gasteiger partial charge in [-0.1, -0.05) is 20.8 Å². The van der Waals surface area contributed by atoms with Gasteiger partial charge >= 0.3 is 0 Å². The van der Waals surface area contributed by atoms with Crippen molar-refractivity contribution < 1.29 is 13.9 Å². The topological polar surface area (TPSA) is 45.2 Å². The number of hydrogen-bond acceptors (Lipinski definition) is 4. The summed E-state index contributed by atoms with van der Waals surface area (Å²) in [5.41, 5.74) is 0.900. The van der Waals surface area contributed by atoms with Gasteiger partial charge in [0, 0.05) is 22.9 Å². The lowest BCUT2D eigenvalue weighted by Gasteiger charge is -2.16. The Morgan fingerprint density at radius 2 is 1.95 bits per heavy atom. The first-order valence-corrected chi connectivity index (χ1v) is 7.12. The molecule has 1 aromatic heterocycles. The number of rotatable bonds is 5. The van der Waals surface area contributed by atoms with Crippen molar-refractivity contribution in [2.75, 3.05) is 6.54 Å². The summed E-state index contributed by atoms with van der Waals surface area (Å²) in [6.45, 7) is 9.96. The second-order valence-electron chi connectivity index (χ2n) is 5.75. The number of nitrogens with zero attached hydrogens (tertiary/aromatic N) is 1. The summed E-state index contributed by atoms with van der Waals surface area (Å²) in [7, 11) is 0. The first-order valence-electron chi connectivity index (χ1n) is 6.30. The van der Waals surface area contributed by atoms with Crippen LogP contribution in [-0.4, -0.2) is 29.2 Å². The van der Waals surface area contributed by atoms with Gasteiger partial charge in [0.1, 0.15) is 6.10 Å². The number of hydrogen-bond donors (Lipinski definition) is 2. The molecule has 0 saturated carbocycles. The third kappa shape index (κ3) is 4.47. The molecule has 2 unspecified atom stereocenters. The highest BCUT2D eigenvalue weighted by Gasteiger charge is 2.23. The molecule has 6 heteroatoms. The number of aromatic nitrogens is 1. The molecule has 0 saturated heterocycles. The zero-order valence-electron chi connectivity index (χ0n) is 12.0. The van der Waals surface area contributed by atoms with Crippen LogP contribution in [0.2, 0.25) is 0 Å². The van der Waals surface area contributed by atoms with Crippen molar-refractivity contribution in [3.05, 3.63) is 15.6 Å². The zero-order chi connectivity index (χ0) is 14.8. The summed E-state index contributed by atoms with van der Waals surface area (Å²) < 4.78 is 24.4. The molecule has 1 aromatic rings. The van der Waals surface area contributed by atoms with Crippen LogP contribution in [0, 0.1) is 6.92 Å². The van der Waals surface area contributed by atoms with E-state index in [4.69, 9.17) is 5.11 Å². The summed E-state index contributed by atoms with van der Waals surface area (Å²) in [6, 6.07) is -0.0954. The lowest BCUT2D eigenvalue weighted by atomic mass is 9.98. The van der Waals surface area contributed by atoms with Crippen LogP contribution in [0.4, 0.5) is 8.78 Å². The van der Waals surface area contributed by atoms with E-state index >= 15 is 0 Å². The second-order valence-corrected chi connectivity index (χ2v) is 6.78. The fourth-order valence-corrected chi connectivity index (χ4v) is 2.76. The lowest BCUT2D eigenvalue weighted by Crippen LogP contribution is -2.33. The minimum Gasteiger partial charge on any atom is -0.386 e. The fourth-order valence-electron chi connectivity index (χ4n) is 1.61. The average molecular weight is 292 g/mol. The summed E-state index contributed by atoms with van der Waals surface area (Å²) >= 11 is 1.59. The maximum absolute atomic E-state index is 12.2. The minimum absolute atomic E-state index is 0.0180. The van der Waals surface area contributed by atoms with Crippen LogP contribution in [0.3, 0.4) is 0 Å². The highest BCUT2D eigenvalue weighted by Crippen LogP contribution is 2.32. The SMILES string of the molecule is Cc1nc(C(C)(C)C)sc1C(C)NCC(O)C(F)F. The van der Waals surface area contributed by atoms with Crippen LogP contribution in [0.5, 0.6) is 0 Å². The molecule has 0 aliphatic carbocycles. The van der Waals surface area contributed by atoms with E-state index in [0.717, 1.165) is 15.6 Å². The largest absolute Gasteiger partial charge is 0.386 e. The predicted molar refractivity (Wildman–Crippen MR) is 74.0 cm³/mol. The van der Waals surface area contributed by atoms with Crippen LogP contribution in [0.1, 0.15) is 49.3 Å². The van der Waals surface area contributed by atoms with E-state index in [-0.39, 0.29) is 18.0 Å². The van der Waals surface area contributed by atoms with Crippen molar-refractivity contribution in [1.29, 1.82) is 0 Å². The average Bonchev–Trinajstić information content (AvgIpc) is 2.67. The molecule has 0 fully saturated rings. The number of aliphatic hydroxyl groups excluding tert-OH is 1. The molecule has 2 atom stereocenters. The lowest BCUT2D eigenvalue weighted by molar-refractivity contribution is -0.00435. The van der Waals surface area contributed by atoms with Gasteiger partial charge in [-0.2, -0.15) is 0 Å². The summed E-state index contributed by atoms with van der Waals surface area (Å²) in [5.74, 6) is 0. The number of nitrogens with one attached hydrogen (secondary N) is 1. The Morgan fingerprint density at radius 1 is 1.37 bits per heavy atom. The molecule has 1 heterocycles. The van der Waals surface area contributed by atoms with Crippen LogP contribution in [-0.2, 0) is 5.41 Å². The monoisotopic (exact) mass is 292 g/mol. The van der Waals surface area contributed by atoms with Gasteiger partial charge in [0.2, 0.25) is 0 Å². The molecule has 19 heavy (non-hydrogen) atoms. The number of thiazole rings is 1. The molecule has 0 amide bonds. The second kappa shape index (κ2) is 6.24. The normalized spacial score (nSPS) is 15.8. The molecule has 110 valence electrons. The smallest absolute Gasteiger partial charge is 0.265 e. The van der Waals surface area contributed by atoms with Gasteiger partial charge in [-0.15, -0.1) is 11.3 Å². The third-order valence-electron chi connectivity index (χ3n) is 2.79. The van der Waals surface area contributed by atoms with Gasteiger partial charge in [0.05, 0.1) is 10.7 Å². The molecular weight excluding hydrogens is 270 g/mol. The molecule has 0 aliphatic rings. The first kappa shape index (κ1) is 16.5. The van der Waals surface area contributed by atoms with Crippen molar-refractivity contribution in [1.82, 2.24) is 10.3 Å². The maximum atomic E-state index is 12.2. The van der Waals surface area contributed by atoms with E-state index in [2.05, 4.69) is 31.1 Å². The number of halogens is 2. The number of aliphatic hydroxyl groups is 1. The number of alkyl halides is 2. The van der Waals surface area contributed by atoms with E-state index in [9.17, 15) is 8.78 Å².